The number of anilines is 2. The van der Waals surface area contributed by atoms with E-state index in [2.05, 4.69) is 15.2 Å². The van der Waals surface area contributed by atoms with E-state index in [1.807, 2.05) is 0 Å². The zero-order chi connectivity index (χ0) is 25.0. The van der Waals surface area contributed by atoms with Crippen molar-refractivity contribution < 1.29 is 18.0 Å². The quantitative estimate of drug-likeness (QED) is 0.295. The third kappa shape index (κ3) is 6.13. The molecule has 4 rings (SSSR count). The van der Waals surface area contributed by atoms with Crippen molar-refractivity contribution in [3.8, 4) is 5.69 Å². The highest BCUT2D eigenvalue weighted by molar-refractivity contribution is 7.92. The average Bonchev–Trinajstić information content (AvgIpc) is 3.36. The van der Waals surface area contributed by atoms with Gasteiger partial charge in [-0.05, 0) is 66.6 Å². The van der Waals surface area contributed by atoms with Crippen LogP contribution in [0.5, 0.6) is 0 Å². The number of carbonyl (C=O) groups excluding carboxylic acids is 1. The maximum Gasteiger partial charge on any atom is 0.336 e. The molecule has 2 N–H and O–H groups in total. The van der Waals surface area contributed by atoms with Crippen LogP contribution in [0, 0.1) is 6.92 Å². The average molecular weight is 531 g/mol. The van der Waals surface area contributed by atoms with E-state index in [-0.39, 0.29) is 11.3 Å². The number of benzene rings is 3. The lowest BCUT2D eigenvalue weighted by molar-refractivity contribution is -0.139. The van der Waals surface area contributed by atoms with Crippen molar-refractivity contribution in [1.29, 1.82) is 0 Å². The third-order valence-corrected chi connectivity index (χ3v) is 7.17. The Morgan fingerprint density at radius 3 is 2.49 bits per heavy atom. The largest absolute Gasteiger partial charge is 0.343 e. The first kappa shape index (κ1) is 24.6. The predicted octanol–water partition coefficient (Wildman–Crippen LogP) is 5.40. The summed E-state index contributed by atoms with van der Waals surface area (Å²) in [6.07, 6.45) is 5.05. The number of nitrogens with one attached hydrogen (secondary N) is 2. The van der Waals surface area contributed by atoms with Crippen molar-refractivity contribution in [2.24, 2.45) is 0 Å². The highest BCUT2D eigenvalue weighted by Crippen LogP contribution is 2.25. The van der Waals surface area contributed by atoms with Crippen LogP contribution in [0.1, 0.15) is 11.1 Å². The zero-order valence-corrected chi connectivity index (χ0v) is 20.7. The third-order valence-electron chi connectivity index (χ3n) is 5.05. The van der Waals surface area contributed by atoms with Crippen molar-refractivity contribution in [3.63, 3.8) is 0 Å². The number of hydrogen-bond donors (Lipinski definition) is 2. The van der Waals surface area contributed by atoms with Gasteiger partial charge in [-0.2, -0.15) is 0 Å². The first-order valence-electron chi connectivity index (χ1n) is 10.3. The Balaban J connectivity index is 1.42. The first-order chi connectivity index (χ1) is 16.7. The van der Waals surface area contributed by atoms with Gasteiger partial charge >= 0.3 is 5.97 Å². The van der Waals surface area contributed by atoms with Gasteiger partial charge in [0.25, 0.3) is 10.0 Å². The molecular formula is C24H20Cl2N4O4S. The molecule has 0 spiro atoms. The van der Waals surface area contributed by atoms with Crippen LogP contribution < -0.4 is 10.2 Å². The van der Waals surface area contributed by atoms with Gasteiger partial charge in [0.05, 0.1) is 33.4 Å². The van der Waals surface area contributed by atoms with Gasteiger partial charge < -0.3 is 9.40 Å². The fraction of sp³-hybridized carbons (Fsp3) is 0.0833. The van der Waals surface area contributed by atoms with Crippen molar-refractivity contribution in [2.75, 3.05) is 10.2 Å². The van der Waals surface area contributed by atoms with Gasteiger partial charge in [-0.1, -0.05) is 35.3 Å². The number of nitrogens with zero attached hydrogens (tertiary/aromatic N) is 2. The van der Waals surface area contributed by atoms with E-state index in [9.17, 15) is 13.2 Å². The monoisotopic (exact) mass is 530 g/mol. The van der Waals surface area contributed by atoms with Crippen LogP contribution in [0.25, 0.3) is 5.69 Å². The SMILES string of the molecule is Cc1ccc(S(=O)(=O)Nc2ccc(-n3ccnc3)cc2)cc1NOC(=O)Cc1ccc(Cl)c(Cl)c1. The van der Waals surface area contributed by atoms with Crippen LogP contribution in [0.15, 0.2) is 84.3 Å². The molecule has 0 amide bonds. The molecule has 8 nitrogen and oxygen atoms in total. The summed E-state index contributed by atoms with van der Waals surface area (Å²) in [4.78, 5) is 21.4. The Labute approximate surface area is 212 Å². The minimum absolute atomic E-state index is 0.00446. The van der Waals surface area contributed by atoms with E-state index >= 15 is 0 Å². The van der Waals surface area contributed by atoms with Crippen molar-refractivity contribution in [3.05, 3.63) is 101 Å². The van der Waals surface area contributed by atoms with Crippen LogP contribution in [0.4, 0.5) is 11.4 Å². The molecule has 1 aromatic heterocycles. The van der Waals surface area contributed by atoms with Crippen LogP contribution in [0.2, 0.25) is 10.0 Å². The van der Waals surface area contributed by atoms with Crippen molar-refractivity contribution >= 4 is 50.6 Å². The number of hydrogen-bond acceptors (Lipinski definition) is 6. The lowest BCUT2D eigenvalue weighted by atomic mass is 10.1. The van der Waals surface area contributed by atoms with Gasteiger partial charge in [0, 0.05) is 23.8 Å². The molecule has 0 aliphatic rings. The summed E-state index contributed by atoms with van der Waals surface area (Å²) >= 11 is 11.9. The molecule has 0 aliphatic heterocycles. The number of aryl methyl sites for hydroxylation is 1. The number of carbonyl (C=O) groups is 1. The van der Waals surface area contributed by atoms with Crippen LogP contribution in [-0.2, 0) is 26.1 Å². The summed E-state index contributed by atoms with van der Waals surface area (Å²) in [7, 11) is -3.89. The summed E-state index contributed by atoms with van der Waals surface area (Å²) in [6, 6.07) is 16.2. The normalized spacial score (nSPS) is 11.2. The summed E-state index contributed by atoms with van der Waals surface area (Å²) in [5, 5.41) is 0.723. The van der Waals surface area contributed by atoms with Gasteiger partial charge in [0.2, 0.25) is 0 Å². The number of sulfonamides is 1. The Hall–Kier alpha value is -3.53. The number of halogens is 2. The second kappa shape index (κ2) is 10.4. The standard InChI is InChI=1S/C24H20Cl2N4O4S/c1-16-2-8-20(14-23(16)28-34-24(31)13-17-3-9-21(25)22(26)12-17)35(32,33)29-18-4-6-19(7-5-18)30-11-10-27-15-30/h2-12,14-15,28-29H,13H2,1H3. The van der Waals surface area contributed by atoms with Gasteiger partial charge in [0.15, 0.2) is 0 Å². The second-order valence-corrected chi connectivity index (χ2v) is 10.1. The van der Waals surface area contributed by atoms with Crippen molar-refractivity contribution in [1.82, 2.24) is 9.55 Å². The first-order valence-corrected chi connectivity index (χ1v) is 12.6. The molecule has 11 heteroatoms. The van der Waals surface area contributed by atoms with Crippen molar-refractivity contribution in [2.45, 2.75) is 18.2 Å². The minimum Gasteiger partial charge on any atom is -0.343 e. The number of aromatic nitrogens is 2. The van der Waals surface area contributed by atoms with E-state index in [0.29, 0.717) is 32.5 Å². The van der Waals surface area contributed by atoms with Crippen LogP contribution in [0.3, 0.4) is 0 Å². The lowest BCUT2D eigenvalue weighted by Crippen LogP contribution is -2.16. The zero-order valence-electron chi connectivity index (χ0n) is 18.4. The number of rotatable bonds is 8. The van der Waals surface area contributed by atoms with Gasteiger partial charge in [-0.25, -0.2) is 23.7 Å². The van der Waals surface area contributed by atoms with Gasteiger partial charge in [-0.15, -0.1) is 0 Å². The molecule has 0 saturated heterocycles. The predicted molar refractivity (Wildman–Crippen MR) is 135 cm³/mol. The summed E-state index contributed by atoms with van der Waals surface area (Å²) < 4.78 is 30.2. The molecule has 0 atom stereocenters. The van der Waals surface area contributed by atoms with E-state index in [0.717, 1.165) is 5.69 Å². The Morgan fingerprint density at radius 1 is 1.03 bits per heavy atom. The molecule has 35 heavy (non-hydrogen) atoms. The van der Waals surface area contributed by atoms with Crippen LogP contribution >= 0.6 is 23.2 Å². The molecule has 3 aromatic carbocycles. The van der Waals surface area contributed by atoms with E-state index in [4.69, 9.17) is 28.0 Å². The Bertz CT molecular complexity index is 1460. The molecule has 0 radical (unpaired) electrons. The van der Waals surface area contributed by atoms with E-state index < -0.39 is 16.0 Å². The molecule has 4 aromatic rings. The smallest absolute Gasteiger partial charge is 0.336 e. The maximum absolute atomic E-state index is 12.9. The molecule has 0 fully saturated rings. The molecule has 0 saturated carbocycles. The fourth-order valence-corrected chi connectivity index (χ4v) is 4.58. The molecule has 0 unspecified atom stereocenters. The van der Waals surface area contributed by atoms with E-state index in [1.165, 1.54) is 12.1 Å². The molecule has 0 bridgehead atoms. The molecule has 0 aliphatic carbocycles. The number of imidazole rings is 1. The Morgan fingerprint density at radius 2 is 1.80 bits per heavy atom. The second-order valence-electron chi connectivity index (χ2n) is 7.60. The topological polar surface area (TPSA) is 102 Å². The van der Waals surface area contributed by atoms with Gasteiger partial charge in [-0.3, -0.25) is 4.72 Å². The van der Waals surface area contributed by atoms with Crippen LogP contribution in [-0.4, -0.2) is 23.9 Å². The summed E-state index contributed by atoms with van der Waals surface area (Å²) in [6.45, 7) is 1.76. The highest BCUT2D eigenvalue weighted by Gasteiger charge is 2.17. The summed E-state index contributed by atoms with van der Waals surface area (Å²) in [5.41, 5.74) is 5.45. The molecule has 180 valence electrons. The Kier molecular flexibility index (Phi) is 7.30. The fourth-order valence-electron chi connectivity index (χ4n) is 3.17. The molecular weight excluding hydrogens is 511 g/mol. The maximum atomic E-state index is 12.9. The summed E-state index contributed by atoms with van der Waals surface area (Å²) in [5.74, 6) is -0.577. The lowest BCUT2D eigenvalue weighted by Gasteiger charge is -2.13. The minimum atomic E-state index is -3.89. The van der Waals surface area contributed by atoms with Gasteiger partial charge in [0.1, 0.15) is 0 Å². The highest BCUT2D eigenvalue weighted by atomic mass is 35.5. The molecule has 1 heterocycles. The van der Waals surface area contributed by atoms with E-state index in [1.54, 1.807) is 78.7 Å².